The molecule has 3 unspecified atom stereocenters. The minimum atomic E-state index is 0.520. The summed E-state index contributed by atoms with van der Waals surface area (Å²) >= 11 is 0. The lowest BCUT2D eigenvalue weighted by atomic mass is 9.95. The Morgan fingerprint density at radius 1 is 1.44 bits per heavy atom. The van der Waals surface area contributed by atoms with Crippen molar-refractivity contribution >= 4 is 0 Å². The normalized spacial score (nSPS) is 35.4. The van der Waals surface area contributed by atoms with E-state index in [2.05, 4.69) is 23.8 Å². The molecule has 0 spiro atoms. The molecule has 2 heterocycles. The van der Waals surface area contributed by atoms with Crippen LogP contribution in [0.15, 0.2) is 0 Å². The van der Waals surface area contributed by atoms with E-state index in [1.165, 1.54) is 6.42 Å². The summed E-state index contributed by atoms with van der Waals surface area (Å²) in [5, 5.41) is 0. The average Bonchev–Trinajstić information content (AvgIpc) is 2.75. The Morgan fingerprint density at radius 2 is 2.25 bits per heavy atom. The second-order valence-corrected chi connectivity index (χ2v) is 5.28. The van der Waals surface area contributed by atoms with E-state index in [-0.39, 0.29) is 0 Å². The van der Waals surface area contributed by atoms with E-state index in [0.717, 1.165) is 39.4 Å². The molecule has 94 valence electrons. The molecule has 0 bridgehead atoms. The molecule has 0 saturated carbocycles. The summed E-state index contributed by atoms with van der Waals surface area (Å²) in [6, 6.07) is 1.14. The van der Waals surface area contributed by atoms with Crippen LogP contribution in [0.1, 0.15) is 13.3 Å². The summed E-state index contributed by atoms with van der Waals surface area (Å²) in [5.41, 5.74) is 5.97. The van der Waals surface area contributed by atoms with Gasteiger partial charge in [-0.3, -0.25) is 4.90 Å². The number of nitrogens with zero attached hydrogens (tertiary/aromatic N) is 2. The van der Waals surface area contributed by atoms with Crippen LogP contribution < -0.4 is 5.73 Å². The SMILES string of the molecule is CC1CN(C)CCN1C(CN)C1CCOC1. The zero-order chi connectivity index (χ0) is 11.5. The van der Waals surface area contributed by atoms with Gasteiger partial charge >= 0.3 is 0 Å². The third-order valence-corrected chi connectivity index (χ3v) is 4.06. The van der Waals surface area contributed by atoms with Gasteiger partial charge in [0.2, 0.25) is 0 Å². The lowest BCUT2D eigenvalue weighted by molar-refractivity contribution is 0.0361. The minimum absolute atomic E-state index is 0.520. The number of hydrogen-bond acceptors (Lipinski definition) is 4. The van der Waals surface area contributed by atoms with Gasteiger partial charge in [-0.05, 0) is 20.4 Å². The molecule has 0 amide bonds. The highest BCUT2D eigenvalue weighted by Crippen LogP contribution is 2.23. The molecule has 2 aliphatic rings. The quantitative estimate of drug-likeness (QED) is 0.736. The van der Waals surface area contributed by atoms with E-state index in [0.29, 0.717) is 18.0 Å². The highest BCUT2D eigenvalue weighted by molar-refractivity contribution is 4.88. The van der Waals surface area contributed by atoms with E-state index in [1.807, 2.05) is 0 Å². The molecular weight excluding hydrogens is 202 g/mol. The number of likely N-dealkylation sites (N-methyl/N-ethyl adjacent to an activating group) is 1. The van der Waals surface area contributed by atoms with Crippen LogP contribution in [0.4, 0.5) is 0 Å². The highest BCUT2D eigenvalue weighted by Gasteiger charge is 2.33. The number of rotatable bonds is 3. The van der Waals surface area contributed by atoms with Crippen LogP contribution in [0.25, 0.3) is 0 Å². The first-order valence-corrected chi connectivity index (χ1v) is 6.44. The van der Waals surface area contributed by atoms with E-state index < -0.39 is 0 Å². The first kappa shape index (κ1) is 12.3. The minimum Gasteiger partial charge on any atom is -0.381 e. The first-order valence-electron chi connectivity index (χ1n) is 6.44. The summed E-state index contributed by atoms with van der Waals surface area (Å²) in [6.45, 7) is 8.37. The summed E-state index contributed by atoms with van der Waals surface area (Å²) < 4.78 is 5.49. The van der Waals surface area contributed by atoms with E-state index in [1.54, 1.807) is 0 Å². The molecule has 0 aromatic heterocycles. The summed E-state index contributed by atoms with van der Waals surface area (Å²) in [7, 11) is 2.20. The van der Waals surface area contributed by atoms with Crippen molar-refractivity contribution < 1.29 is 4.74 Å². The number of nitrogens with two attached hydrogens (primary N) is 1. The Bertz CT molecular complexity index is 218. The molecule has 0 radical (unpaired) electrons. The molecular formula is C12H25N3O. The van der Waals surface area contributed by atoms with Gasteiger partial charge in [-0.25, -0.2) is 0 Å². The molecule has 3 atom stereocenters. The molecule has 0 aliphatic carbocycles. The lowest BCUT2D eigenvalue weighted by Gasteiger charge is -2.44. The molecule has 4 heteroatoms. The summed E-state index contributed by atoms with van der Waals surface area (Å²) in [4.78, 5) is 5.00. The number of hydrogen-bond donors (Lipinski definition) is 1. The van der Waals surface area contributed by atoms with Crippen LogP contribution in [0, 0.1) is 5.92 Å². The number of piperazine rings is 1. The van der Waals surface area contributed by atoms with Crippen LogP contribution in [0.2, 0.25) is 0 Å². The van der Waals surface area contributed by atoms with Crippen molar-refractivity contribution in [3.05, 3.63) is 0 Å². The standard InChI is InChI=1S/C12H25N3O/c1-10-8-14(2)4-5-15(10)12(7-13)11-3-6-16-9-11/h10-12H,3-9,13H2,1-2H3. The Labute approximate surface area is 98.7 Å². The fourth-order valence-electron chi connectivity index (χ4n) is 3.10. The van der Waals surface area contributed by atoms with E-state index in [9.17, 15) is 0 Å². The van der Waals surface area contributed by atoms with Crippen molar-refractivity contribution in [3.8, 4) is 0 Å². The fourth-order valence-corrected chi connectivity index (χ4v) is 3.10. The van der Waals surface area contributed by atoms with Gasteiger partial charge in [0.1, 0.15) is 0 Å². The highest BCUT2D eigenvalue weighted by atomic mass is 16.5. The van der Waals surface area contributed by atoms with Gasteiger partial charge in [-0.2, -0.15) is 0 Å². The largest absolute Gasteiger partial charge is 0.381 e. The molecule has 2 fully saturated rings. The van der Waals surface area contributed by atoms with Gasteiger partial charge in [0.25, 0.3) is 0 Å². The number of ether oxygens (including phenoxy) is 1. The molecule has 2 N–H and O–H groups in total. The Balaban J connectivity index is 1.97. The van der Waals surface area contributed by atoms with E-state index >= 15 is 0 Å². The maximum absolute atomic E-state index is 5.97. The van der Waals surface area contributed by atoms with Gasteiger partial charge in [0.05, 0.1) is 6.61 Å². The Morgan fingerprint density at radius 3 is 2.81 bits per heavy atom. The van der Waals surface area contributed by atoms with Crippen LogP contribution in [0.3, 0.4) is 0 Å². The average molecular weight is 227 g/mol. The molecule has 2 rings (SSSR count). The van der Waals surface area contributed by atoms with Crippen LogP contribution in [-0.4, -0.2) is 68.3 Å². The Hall–Kier alpha value is -0.160. The molecule has 2 saturated heterocycles. The van der Waals surface area contributed by atoms with Crippen molar-refractivity contribution in [2.75, 3.05) is 46.4 Å². The van der Waals surface area contributed by atoms with E-state index in [4.69, 9.17) is 10.5 Å². The predicted octanol–water partition coefficient (Wildman–Crippen LogP) is -0.0139. The zero-order valence-corrected chi connectivity index (χ0v) is 10.6. The second kappa shape index (κ2) is 5.45. The lowest BCUT2D eigenvalue weighted by Crippen LogP contribution is -2.58. The third kappa shape index (κ3) is 2.56. The van der Waals surface area contributed by atoms with Crippen LogP contribution in [-0.2, 0) is 4.74 Å². The first-order chi connectivity index (χ1) is 7.72. The second-order valence-electron chi connectivity index (χ2n) is 5.28. The van der Waals surface area contributed by atoms with Crippen molar-refractivity contribution in [2.24, 2.45) is 11.7 Å². The molecule has 16 heavy (non-hydrogen) atoms. The summed E-state index contributed by atoms with van der Waals surface area (Å²) in [5.74, 6) is 0.649. The zero-order valence-electron chi connectivity index (χ0n) is 10.6. The monoisotopic (exact) mass is 227 g/mol. The van der Waals surface area contributed by atoms with Gasteiger partial charge < -0.3 is 15.4 Å². The maximum atomic E-state index is 5.97. The Kier molecular flexibility index (Phi) is 4.19. The molecule has 0 aromatic carbocycles. The topological polar surface area (TPSA) is 41.7 Å². The molecule has 4 nitrogen and oxygen atoms in total. The fraction of sp³-hybridized carbons (Fsp3) is 1.00. The van der Waals surface area contributed by atoms with Crippen LogP contribution >= 0.6 is 0 Å². The molecule has 0 aromatic rings. The van der Waals surface area contributed by atoms with Crippen molar-refractivity contribution in [1.82, 2.24) is 9.80 Å². The predicted molar refractivity (Wildman–Crippen MR) is 65.4 cm³/mol. The van der Waals surface area contributed by atoms with Gasteiger partial charge in [-0.1, -0.05) is 0 Å². The van der Waals surface area contributed by atoms with Gasteiger partial charge in [-0.15, -0.1) is 0 Å². The summed E-state index contributed by atoms with van der Waals surface area (Å²) in [6.07, 6.45) is 1.18. The van der Waals surface area contributed by atoms with Crippen molar-refractivity contribution in [3.63, 3.8) is 0 Å². The van der Waals surface area contributed by atoms with Gasteiger partial charge in [0.15, 0.2) is 0 Å². The van der Waals surface area contributed by atoms with Crippen LogP contribution in [0.5, 0.6) is 0 Å². The van der Waals surface area contributed by atoms with Crippen molar-refractivity contribution in [1.29, 1.82) is 0 Å². The maximum Gasteiger partial charge on any atom is 0.0510 e. The van der Waals surface area contributed by atoms with Gasteiger partial charge in [0, 0.05) is 50.8 Å². The smallest absolute Gasteiger partial charge is 0.0510 e. The van der Waals surface area contributed by atoms with Crippen molar-refractivity contribution in [2.45, 2.75) is 25.4 Å². The molecule has 2 aliphatic heterocycles. The third-order valence-electron chi connectivity index (χ3n) is 4.06.